The van der Waals surface area contributed by atoms with E-state index >= 15 is 0 Å². The van der Waals surface area contributed by atoms with E-state index in [0.29, 0.717) is 5.56 Å². The summed E-state index contributed by atoms with van der Waals surface area (Å²) in [6.45, 7) is 12.1. The third-order valence-corrected chi connectivity index (χ3v) is 6.00. The number of aryl methyl sites for hydroxylation is 1. The number of hydrogen-bond acceptors (Lipinski definition) is 5. The number of para-hydroxylation sites is 2. The fraction of sp³-hybridized carbons (Fsp3) is 0.478. The molecule has 2 aromatic heterocycles. The number of aromatic nitrogens is 2. The Morgan fingerprint density at radius 1 is 1.17 bits per heavy atom. The molecule has 29 heavy (non-hydrogen) atoms. The van der Waals surface area contributed by atoms with Gasteiger partial charge >= 0.3 is 0 Å². The average Bonchev–Trinajstić information content (AvgIpc) is 3.07. The molecule has 0 amide bonds. The molecule has 0 unspecified atom stereocenters. The van der Waals surface area contributed by atoms with Crippen LogP contribution < -0.4 is 5.32 Å². The molecule has 6 nitrogen and oxygen atoms in total. The zero-order valence-corrected chi connectivity index (χ0v) is 17.9. The normalized spacial score (nSPS) is 16.4. The molecule has 1 aliphatic heterocycles. The summed E-state index contributed by atoms with van der Waals surface area (Å²) in [5.41, 5.74) is 4.17. The van der Waals surface area contributed by atoms with E-state index in [-0.39, 0.29) is 5.54 Å². The first-order valence-corrected chi connectivity index (χ1v) is 10.4. The van der Waals surface area contributed by atoms with Gasteiger partial charge in [-0.1, -0.05) is 12.1 Å². The number of rotatable bonds is 5. The van der Waals surface area contributed by atoms with Crippen molar-refractivity contribution in [3.8, 4) is 6.07 Å². The van der Waals surface area contributed by atoms with Gasteiger partial charge < -0.3 is 15.1 Å². The van der Waals surface area contributed by atoms with Crippen molar-refractivity contribution in [2.24, 2.45) is 0 Å². The Morgan fingerprint density at radius 2 is 1.90 bits per heavy atom. The molecular weight excluding hydrogens is 360 g/mol. The van der Waals surface area contributed by atoms with Crippen molar-refractivity contribution in [3.63, 3.8) is 0 Å². The number of piperazine rings is 1. The highest BCUT2D eigenvalue weighted by Gasteiger charge is 2.23. The molecule has 1 saturated heterocycles. The maximum atomic E-state index is 9.68. The highest BCUT2D eigenvalue weighted by atomic mass is 15.2. The molecule has 6 heteroatoms. The van der Waals surface area contributed by atoms with Gasteiger partial charge in [0.05, 0.1) is 16.6 Å². The maximum absolute atomic E-state index is 9.68. The summed E-state index contributed by atoms with van der Waals surface area (Å²) in [4.78, 5) is 9.69. The van der Waals surface area contributed by atoms with Crippen LogP contribution in [0.4, 0.5) is 5.82 Å². The van der Waals surface area contributed by atoms with Crippen molar-refractivity contribution in [2.45, 2.75) is 32.7 Å². The molecule has 4 rings (SSSR count). The zero-order valence-electron chi connectivity index (χ0n) is 17.9. The minimum atomic E-state index is -0.0811. The Labute approximate surface area is 172 Å². The van der Waals surface area contributed by atoms with Gasteiger partial charge in [0.2, 0.25) is 0 Å². The van der Waals surface area contributed by atoms with Crippen LogP contribution >= 0.6 is 0 Å². The average molecular weight is 391 g/mol. The lowest BCUT2D eigenvalue weighted by molar-refractivity contribution is 0.147. The summed E-state index contributed by atoms with van der Waals surface area (Å²) in [5.74, 6) is 0.994. The lowest BCUT2D eigenvalue weighted by atomic mass is 9.99. The number of imidazole rings is 1. The van der Waals surface area contributed by atoms with Crippen LogP contribution in [0.15, 0.2) is 30.3 Å². The van der Waals surface area contributed by atoms with Crippen molar-refractivity contribution < 1.29 is 0 Å². The van der Waals surface area contributed by atoms with E-state index in [1.807, 2.05) is 25.1 Å². The second-order valence-corrected chi connectivity index (χ2v) is 8.86. The Bertz CT molecular complexity index is 1070. The second kappa shape index (κ2) is 7.66. The van der Waals surface area contributed by atoms with Crippen molar-refractivity contribution in [3.05, 3.63) is 41.5 Å². The fourth-order valence-electron chi connectivity index (χ4n) is 4.10. The Morgan fingerprint density at radius 3 is 2.62 bits per heavy atom. The van der Waals surface area contributed by atoms with E-state index in [9.17, 15) is 5.26 Å². The van der Waals surface area contributed by atoms with Gasteiger partial charge in [0, 0.05) is 38.3 Å². The highest BCUT2D eigenvalue weighted by molar-refractivity contribution is 5.85. The van der Waals surface area contributed by atoms with Crippen LogP contribution in [-0.4, -0.2) is 64.5 Å². The van der Waals surface area contributed by atoms with Crippen LogP contribution in [0.5, 0.6) is 0 Å². The molecule has 0 spiro atoms. The number of fused-ring (bicyclic) bond motifs is 3. The SMILES string of the molecule is Cc1cc(NC(C)(C)CCN2CCN(C)CC2)n2c(nc3ccccc32)c1C#N. The predicted molar refractivity (Wildman–Crippen MR) is 118 cm³/mol. The van der Waals surface area contributed by atoms with Crippen LogP contribution in [0.3, 0.4) is 0 Å². The monoisotopic (exact) mass is 390 g/mol. The number of pyridine rings is 1. The third-order valence-electron chi connectivity index (χ3n) is 6.00. The van der Waals surface area contributed by atoms with Crippen molar-refractivity contribution in [2.75, 3.05) is 45.1 Å². The van der Waals surface area contributed by atoms with Gasteiger partial charge in [-0.3, -0.25) is 4.40 Å². The van der Waals surface area contributed by atoms with Gasteiger partial charge in [0.1, 0.15) is 11.9 Å². The van der Waals surface area contributed by atoms with Gasteiger partial charge in [-0.2, -0.15) is 5.26 Å². The van der Waals surface area contributed by atoms with Gasteiger partial charge in [-0.15, -0.1) is 0 Å². The lowest BCUT2D eigenvalue weighted by Gasteiger charge is -2.35. The van der Waals surface area contributed by atoms with E-state index in [1.54, 1.807) is 0 Å². The Balaban J connectivity index is 1.64. The molecule has 1 aromatic carbocycles. The van der Waals surface area contributed by atoms with Gasteiger partial charge in [0.25, 0.3) is 0 Å². The minimum absolute atomic E-state index is 0.0811. The molecule has 152 valence electrons. The van der Waals surface area contributed by atoms with Crippen LogP contribution in [0.25, 0.3) is 16.7 Å². The molecular formula is C23H30N6. The molecule has 3 heterocycles. The van der Waals surface area contributed by atoms with E-state index in [1.165, 1.54) is 0 Å². The van der Waals surface area contributed by atoms with Crippen LogP contribution in [0.2, 0.25) is 0 Å². The summed E-state index contributed by atoms with van der Waals surface area (Å²) in [6.07, 6.45) is 1.05. The zero-order chi connectivity index (χ0) is 20.6. The van der Waals surface area contributed by atoms with Gasteiger partial charge in [-0.05, 0) is 58.0 Å². The topological polar surface area (TPSA) is 59.6 Å². The maximum Gasteiger partial charge on any atom is 0.157 e. The largest absolute Gasteiger partial charge is 0.366 e. The third kappa shape index (κ3) is 3.93. The number of nitriles is 1. The molecule has 0 bridgehead atoms. The van der Waals surface area contributed by atoms with E-state index in [2.05, 4.69) is 58.6 Å². The fourth-order valence-corrected chi connectivity index (χ4v) is 4.10. The van der Waals surface area contributed by atoms with Crippen LogP contribution in [-0.2, 0) is 0 Å². The molecule has 0 aliphatic carbocycles. The molecule has 0 radical (unpaired) electrons. The minimum Gasteiger partial charge on any atom is -0.366 e. The predicted octanol–water partition coefficient (Wildman–Crippen LogP) is 3.50. The Hall–Kier alpha value is -2.62. The second-order valence-electron chi connectivity index (χ2n) is 8.86. The molecule has 1 fully saturated rings. The van der Waals surface area contributed by atoms with E-state index in [0.717, 1.165) is 67.2 Å². The van der Waals surface area contributed by atoms with Crippen LogP contribution in [0, 0.1) is 18.3 Å². The van der Waals surface area contributed by atoms with E-state index in [4.69, 9.17) is 4.98 Å². The number of likely N-dealkylation sites (N-methyl/N-ethyl adjacent to an activating group) is 1. The standard InChI is InChI=1S/C23H30N6/c1-17-15-21(26-23(2,3)9-10-28-13-11-27(4)12-14-28)29-20-8-6-5-7-19(20)25-22(29)18(17)16-24/h5-8,15,26H,9-14H2,1-4H3. The first-order chi connectivity index (χ1) is 13.9. The smallest absolute Gasteiger partial charge is 0.157 e. The van der Waals surface area contributed by atoms with Gasteiger partial charge in [0.15, 0.2) is 5.65 Å². The lowest BCUT2D eigenvalue weighted by Crippen LogP contribution is -2.46. The Kier molecular flexibility index (Phi) is 5.20. The quantitative estimate of drug-likeness (QED) is 0.723. The summed E-state index contributed by atoms with van der Waals surface area (Å²) in [7, 11) is 2.19. The summed E-state index contributed by atoms with van der Waals surface area (Å²) < 4.78 is 2.10. The van der Waals surface area contributed by atoms with Crippen molar-refractivity contribution in [1.29, 1.82) is 5.26 Å². The molecule has 3 aromatic rings. The summed E-state index contributed by atoms with van der Waals surface area (Å²) in [6, 6.07) is 12.5. The molecule has 1 aliphatic rings. The van der Waals surface area contributed by atoms with E-state index < -0.39 is 0 Å². The summed E-state index contributed by atoms with van der Waals surface area (Å²) in [5, 5.41) is 13.4. The first kappa shape index (κ1) is 19.7. The first-order valence-electron chi connectivity index (χ1n) is 10.4. The van der Waals surface area contributed by atoms with Crippen LogP contribution in [0.1, 0.15) is 31.4 Å². The van der Waals surface area contributed by atoms with Crippen molar-refractivity contribution in [1.82, 2.24) is 19.2 Å². The molecule has 1 N–H and O–H groups in total. The number of hydrogen-bond donors (Lipinski definition) is 1. The molecule has 0 atom stereocenters. The number of anilines is 1. The number of nitrogens with one attached hydrogen (secondary N) is 1. The highest BCUT2D eigenvalue weighted by Crippen LogP contribution is 2.29. The molecule has 0 saturated carbocycles. The number of nitrogens with zero attached hydrogens (tertiary/aromatic N) is 5. The van der Waals surface area contributed by atoms with Gasteiger partial charge in [-0.25, -0.2) is 4.98 Å². The summed E-state index contributed by atoms with van der Waals surface area (Å²) >= 11 is 0. The van der Waals surface area contributed by atoms with Crippen molar-refractivity contribution >= 4 is 22.5 Å². The number of benzene rings is 1.